The minimum absolute atomic E-state index is 0. The SMILES string of the molecule is C.C.CNC(=O)C(C)NCOC(C)C. The number of hydrogen-bond donors (Lipinski definition) is 2. The van der Waals surface area contributed by atoms with E-state index in [1.54, 1.807) is 14.0 Å². The fourth-order valence-corrected chi connectivity index (χ4v) is 0.649. The molecule has 0 saturated heterocycles. The molecule has 0 aromatic rings. The van der Waals surface area contributed by atoms with Crippen LogP contribution in [0.4, 0.5) is 0 Å². The number of amides is 1. The lowest BCUT2D eigenvalue weighted by molar-refractivity contribution is -0.122. The summed E-state index contributed by atoms with van der Waals surface area (Å²) >= 11 is 0. The second-order valence-corrected chi connectivity index (χ2v) is 2.90. The summed E-state index contributed by atoms with van der Waals surface area (Å²) in [6.07, 6.45) is 0.189. The van der Waals surface area contributed by atoms with Crippen molar-refractivity contribution in [3.8, 4) is 0 Å². The predicted molar refractivity (Wildman–Crippen MR) is 61.2 cm³/mol. The number of rotatable bonds is 5. The first-order valence-electron chi connectivity index (χ1n) is 4.14. The van der Waals surface area contributed by atoms with E-state index >= 15 is 0 Å². The van der Waals surface area contributed by atoms with Gasteiger partial charge in [0.2, 0.25) is 5.91 Å². The Balaban J connectivity index is -0.000000605. The van der Waals surface area contributed by atoms with E-state index in [-0.39, 0.29) is 32.9 Å². The van der Waals surface area contributed by atoms with Crippen molar-refractivity contribution in [2.45, 2.75) is 47.8 Å². The molecule has 1 atom stereocenters. The van der Waals surface area contributed by atoms with Gasteiger partial charge in [0.25, 0.3) is 0 Å². The Morgan fingerprint density at radius 3 is 2.14 bits per heavy atom. The summed E-state index contributed by atoms with van der Waals surface area (Å²) in [4.78, 5) is 11.0. The molecule has 2 N–H and O–H groups in total. The average molecular weight is 206 g/mol. The molecule has 0 heterocycles. The van der Waals surface area contributed by atoms with Crippen molar-refractivity contribution in [1.29, 1.82) is 0 Å². The molecule has 88 valence electrons. The van der Waals surface area contributed by atoms with Crippen LogP contribution in [0.15, 0.2) is 0 Å². The highest BCUT2D eigenvalue weighted by molar-refractivity contribution is 5.80. The van der Waals surface area contributed by atoms with Crippen molar-refractivity contribution < 1.29 is 9.53 Å². The van der Waals surface area contributed by atoms with Gasteiger partial charge in [-0.25, -0.2) is 0 Å². The first-order chi connectivity index (χ1) is 5.57. The quantitative estimate of drug-likeness (QED) is 0.668. The van der Waals surface area contributed by atoms with Crippen molar-refractivity contribution in [3.63, 3.8) is 0 Å². The van der Waals surface area contributed by atoms with Gasteiger partial charge in [0.15, 0.2) is 0 Å². The van der Waals surface area contributed by atoms with E-state index in [1.165, 1.54) is 0 Å². The van der Waals surface area contributed by atoms with E-state index < -0.39 is 0 Å². The average Bonchev–Trinajstić information content (AvgIpc) is 2.02. The lowest BCUT2D eigenvalue weighted by Crippen LogP contribution is -2.41. The van der Waals surface area contributed by atoms with Gasteiger partial charge in [-0.15, -0.1) is 0 Å². The molecule has 4 nitrogen and oxygen atoms in total. The molecule has 0 aromatic carbocycles. The topological polar surface area (TPSA) is 50.4 Å². The van der Waals surface area contributed by atoms with Crippen molar-refractivity contribution >= 4 is 5.91 Å². The summed E-state index contributed by atoms with van der Waals surface area (Å²) in [7, 11) is 1.61. The van der Waals surface area contributed by atoms with Crippen LogP contribution in [0, 0.1) is 0 Å². The Bertz CT molecular complexity index is 138. The van der Waals surface area contributed by atoms with Crippen LogP contribution in [0.5, 0.6) is 0 Å². The summed E-state index contributed by atoms with van der Waals surface area (Å²) in [5, 5.41) is 5.48. The zero-order valence-electron chi connectivity index (χ0n) is 8.18. The van der Waals surface area contributed by atoms with Gasteiger partial charge in [0, 0.05) is 7.05 Å². The lowest BCUT2D eigenvalue weighted by Gasteiger charge is -2.13. The Labute approximate surface area is 88.4 Å². The summed E-state index contributed by atoms with van der Waals surface area (Å²) in [5.74, 6) is -0.0256. The molecule has 0 aromatic heterocycles. The maximum atomic E-state index is 11.0. The van der Waals surface area contributed by atoms with Crippen molar-refractivity contribution in [3.05, 3.63) is 0 Å². The monoisotopic (exact) mass is 206 g/mol. The zero-order chi connectivity index (χ0) is 9.56. The molecule has 1 amide bonds. The largest absolute Gasteiger partial charge is 0.364 e. The molecular formula is C10H26N2O2. The Morgan fingerprint density at radius 2 is 1.79 bits per heavy atom. The van der Waals surface area contributed by atoms with Crippen LogP contribution in [-0.2, 0) is 9.53 Å². The van der Waals surface area contributed by atoms with Gasteiger partial charge >= 0.3 is 0 Å². The van der Waals surface area contributed by atoms with Crippen LogP contribution in [0.2, 0.25) is 0 Å². The number of carbonyl (C=O) groups is 1. The van der Waals surface area contributed by atoms with Crippen LogP contribution in [-0.4, -0.2) is 31.8 Å². The Hall–Kier alpha value is -0.610. The van der Waals surface area contributed by atoms with E-state index in [0.29, 0.717) is 6.73 Å². The molecule has 14 heavy (non-hydrogen) atoms. The van der Waals surface area contributed by atoms with Gasteiger partial charge in [-0.1, -0.05) is 14.9 Å². The molecule has 0 saturated carbocycles. The summed E-state index contributed by atoms with van der Waals surface area (Å²) < 4.78 is 5.22. The third-order valence-corrected chi connectivity index (χ3v) is 1.45. The van der Waals surface area contributed by atoms with Crippen LogP contribution in [0.3, 0.4) is 0 Å². The minimum atomic E-state index is -0.200. The first-order valence-corrected chi connectivity index (χ1v) is 4.14. The molecule has 0 fully saturated rings. The van der Waals surface area contributed by atoms with E-state index in [1.807, 2.05) is 13.8 Å². The van der Waals surface area contributed by atoms with E-state index in [9.17, 15) is 4.79 Å². The van der Waals surface area contributed by atoms with E-state index in [4.69, 9.17) is 4.74 Å². The smallest absolute Gasteiger partial charge is 0.236 e. The minimum Gasteiger partial charge on any atom is -0.364 e. The second-order valence-electron chi connectivity index (χ2n) is 2.90. The van der Waals surface area contributed by atoms with Gasteiger partial charge in [0.05, 0.1) is 18.9 Å². The molecule has 1 unspecified atom stereocenters. The lowest BCUT2D eigenvalue weighted by atomic mass is 10.3. The molecule has 0 radical (unpaired) electrons. The third-order valence-electron chi connectivity index (χ3n) is 1.45. The van der Waals surface area contributed by atoms with Crippen molar-refractivity contribution in [1.82, 2.24) is 10.6 Å². The summed E-state index contributed by atoms with van der Waals surface area (Å²) in [6.45, 7) is 6.10. The molecule has 0 aliphatic carbocycles. The molecular weight excluding hydrogens is 180 g/mol. The standard InChI is InChI=1S/C8H18N2O2.2CH4/c1-6(2)12-5-10-7(3)8(11)9-4;;/h6-7,10H,5H2,1-4H3,(H,9,11);2*1H4. The molecule has 0 aliphatic rings. The molecule has 4 heteroatoms. The highest BCUT2D eigenvalue weighted by Gasteiger charge is 2.08. The Morgan fingerprint density at radius 1 is 1.29 bits per heavy atom. The van der Waals surface area contributed by atoms with E-state index in [2.05, 4.69) is 10.6 Å². The van der Waals surface area contributed by atoms with E-state index in [0.717, 1.165) is 0 Å². The van der Waals surface area contributed by atoms with Crippen LogP contribution < -0.4 is 10.6 Å². The highest BCUT2D eigenvalue weighted by Crippen LogP contribution is 1.86. The van der Waals surface area contributed by atoms with Gasteiger partial charge in [0.1, 0.15) is 0 Å². The van der Waals surface area contributed by atoms with Gasteiger partial charge in [-0.05, 0) is 20.8 Å². The predicted octanol–water partition coefficient (Wildman–Crippen LogP) is 1.37. The summed E-state index contributed by atoms with van der Waals surface area (Å²) in [5.41, 5.74) is 0. The molecule has 0 rings (SSSR count). The normalized spacial score (nSPS) is 11.2. The first kappa shape index (κ1) is 19.0. The van der Waals surface area contributed by atoms with Gasteiger partial charge < -0.3 is 10.1 Å². The number of carbonyl (C=O) groups excluding carboxylic acids is 1. The number of nitrogens with one attached hydrogen (secondary N) is 2. The second kappa shape index (κ2) is 10.5. The highest BCUT2D eigenvalue weighted by atomic mass is 16.5. The van der Waals surface area contributed by atoms with Crippen LogP contribution in [0.1, 0.15) is 35.6 Å². The fourth-order valence-electron chi connectivity index (χ4n) is 0.649. The van der Waals surface area contributed by atoms with Crippen LogP contribution in [0.25, 0.3) is 0 Å². The molecule has 0 bridgehead atoms. The zero-order valence-corrected chi connectivity index (χ0v) is 8.18. The number of hydrogen-bond acceptors (Lipinski definition) is 3. The third kappa shape index (κ3) is 9.48. The van der Waals surface area contributed by atoms with Crippen molar-refractivity contribution in [2.24, 2.45) is 0 Å². The number of likely N-dealkylation sites (N-methyl/N-ethyl adjacent to an activating group) is 1. The Kier molecular flexibility index (Phi) is 14.2. The molecule has 0 spiro atoms. The van der Waals surface area contributed by atoms with Crippen molar-refractivity contribution in [2.75, 3.05) is 13.8 Å². The van der Waals surface area contributed by atoms with Gasteiger partial charge in [-0.3, -0.25) is 10.1 Å². The van der Waals surface area contributed by atoms with Crippen LogP contribution >= 0.6 is 0 Å². The maximum absolute atomic E-state index is 11.0. The van der Waals surface area contributed by atoms with Gasteiger partial charge in [-0.2, -0.15) is 0 Å². The molecule has 0 aliphatic heterocycles. The number of ether oxygens (including phenoxy) is 1. The maximum Gasteiger partial charge on any atom is 0.236 e. The fraction of sp³-hybridized carbons (Fsp3) is 0.900. The summed E-state index contributed by atoms with van der Waals surface area (Å²) in [6, 6.07) is -0.200.